The first-order chi connectivity index (χ1) is 10.1. The van der Waals surface area contributed by atoms with Gasteiger partial charge in [0.25, 0.3) is 5.56 Å². The minimum absolute atomic E-state index is 0.0899. The second-order valence-electron chi connectivity index (χ2n) is 5.54. The lowest BCUT2D eigenvalue weighted by Crippen LogP contribution is -2.44. The van der Waals surface area contributed by atoms with Crippen LogP contribution in [-0.4, -0.2) is 59.9 Å². The van der Waals surface area contributed by atoms with Crippen LogP contribution < -0.4 is 15.4 Å². The van der Waals surface area contributed by atoms with Crippen LogP contribution in [0, 0.1) is 0 Å². The summed E-state index contributed by atoms with van der Waals surface area (Å²) < 4.78 is 16.9. The predicted octanol–water partition coefficient (Wildman–Crippen LogP) is 0.169. The zero-order chi connectivity index (χ0) is 14.8. The molecule has 1 atom stereocenters. The molecule has 1 aromatic heterocycles. The van der Waals surface area contributed by atoms with Gasteiger partial charge in [0, 0.05) is 30.4 Å². The van der Waals surface area contributed by atoms with Crippen LogP contribution in [0.25, 0.3) is 0 Å². The molecule has 2 aliphatic heterocycles. The fourth-order valence-electron chi connectivity index (χ4n) is 2.84. The van der Waals surface area contributed by atoms with Crippen LogP contribution in [0.3, 0.4) is 0 Å². The molecule has 3 rings (SSSR count). The number of pyridine rings is 1. The standard InChI is InChI=1S/C14H21N3O3S/c1-11-10-20-5-2-17(11)12-8-13(15-14(18)9-12)16-3-6-21(19)7-4-16/h8-9,11H,2-7,10H2,1H3,(H,15,18)/t11-/m1/s1. The van der Waals surface area contributed by atoms with Gasteiger partial charge < -0.3 is 24.1 Å². The van der Waals surface area contributed by atoms with Crippen molar-refractivity contribution in [2.45, 2.75) is 13.0 Å². The van der Waals surface area contributed by atoms with Gasteiger partial charge >= 0.3 is 0 Å². The van der Waals surface area contributed by atoms with Gasteiger partial charge in [0.05, 0.1) is 26.3 Å². The highest BCUT2D eigenvalue weighted by Gasteiger charge is 2.23. The monoisotopic (exact) mass is 311 g/mol. The molecule has 2 fully saturated rings. The normalized spacial score (nSPS) is 24.4. The lowest BCUT2D eigenvalue weighted by atomic mass is 10.2. The minimum atomic E-state index is -0.716. The molecule has 1 N–H and O–H groups in total. The van der Waals surface area contributed by atoms with E-state index in [4.69, 9.17) is 4.74 Å². The molecule has 116 valence electrons. The Labute approximate surface area is 127 Å². The Bertz CT molecular complexity index is 543. The van der Waals surface area contributed by atoms with E-state index < -0.39 is 11.2 Å². The summed E-state index contributed by atoms with van der Waals surface area (Å²) >= 11 is -0.716. The van der Waals surface area contributed by atoms with Gasteiger partial charge in [-0.15, -0.1) is 0 Å². The number of rotatable bonds is 2. The highest BCUT2D eigenvalue weighted by atomic mass is 32.2. The second kappa shape index (κ2) is 6.29. The number of nitrogens with one attached hydrogen (secondary N) is 1. The van der Waals surface area contributed by atoms with Crippen molar-refractivity contribution < 1.29 is 9.29 Å². The number of H-pyrrole nitrogens is 1. The van der Waals surface area contributed by atoms with Gasteiger partial charge in [0.15, 0.2) is 0 Å². The quantitative estimate of drug-likeness (QED) is 0.788. The van der Waals surface area contributed by atoms with E-state index in [-0.39, 0.29) is 11.6 Å². The van der Waals surface area contributed by atoms with E-state index in [2.05, 4.69) is 21.7 Å². The van der Waals surface area contributed by atoms with Crippen molar-refractivity contribution in [1.29, 1.82) is 0 Å². The summed E-state index contributed by atoms with van der Waals surface area (Å²) in [5.41, 5.74) is 0.851. The molecular weight excluding hydrogens is 290 g/mol. The number of hydrogen-bond acceptors (Lipinski definition) is 5. The third-order valence-corrected chi connectivity index (χ3v) is 5.31. The van der Waals surface area contributed by atoms with E-state index in [9.17, 15) is 9.35 Å². The summed E-state index contributed by atoms with van der Waals surface area (Å²) in [5.74, 6) is 2.16. The van der Waals surface area contributed by atoms with Crippen LogP contribution in [0.5, 0.6) is 0 Å². The van der Waals surface area contributed by atoms with E-state index in [1.54, 1.807) is 6.07 Å². The Morgan fingerprint density at radius 3 is 2.81 bits per heavy atom. The molecule has 0 aromatic carbocycles. The maximum absolute atomic E-state index is 12.0. The number of aromatic nitrogens is 1. The van der Waals surface area contributed by atoms with Gasteiger partial charge in [0.2, 0.25) is 0 Å². The zero-order valence-corrected chi connectivity index (χ0v) is 13.0. The van der Waals surface area contributed by atoms with Gasteiger partial charge in [0.1, 0.15) is 17.3 Å². The Morgan fingerprint density at radius 1 is 1.33 bits per heavy atom. The summed E-state index contributed by atoms with van der Waals surface area (Å²) in [4.78, 5) is 19.2. The van der Waals surface area contributed by atoms with Gasteiger partial charge in [-0.05, 0) is 6.92 Å². The topological polar surface area (TPSA) is 71.6 Å². The summed E-state index contributed by atoms with van der Waals surface area (Å²) in [6.07, 6.45) is 0. The fraction of sp³-hybridized carbons (Fsp3) is 0.643. The zero-order valence-electron chi connectivity index (χ0n) is 12.2. The summed E-state index contributed by atoms with van der Waals surface area (Å²) in [6.45, 7) is 5.73. The molecular formula is C14H21N3O3S. The molecule has 0 unspecified atom stereocenters. The van der Waals surface area contributed by atoms with Gasteiger partial charge in [-0.2, -0.15) is 0 Å². The molecule has 21 heavy (non-hydrogen) atoms. The van der Waals surface area contributed by atoms with Crippen molar-refractivity contribution in [2.75, 3.05) is 54.2 Å². The molecule has 2 saturated heterocycles. The number of morpholine rings is 1. The predicted molar refractivity (Wildman–Crippen MR) is 84.8 cm³/mol. The van der Waals surface area contributed by atoms with Crippen LogP contribution in [0.2, 0.25) is 0 Å². The van der Waals surface area contributed by atoms with Gasteiger partial charge in [-0.25, -0.2) is 0 Å². The average Bonchev–Trinajstić information content (AvgIpc) is 2.48. The third kappa shape index (κ3) is 3.36. The smallest absolute Gasteiger partial charge is 0.251 e. The molecule has 0 amide bonds. The lowest BCUT2D eigenvalue weighted by Gasteiger charge is -2.36. The first-order valence-corrected chi connectivity index (χ1v) is 8.81. The first-order valence-electron chi connectivity index (χ1n) is 7.32. The maximum Gasteiger partial charge on any atom is 0.251 e. The molecule has 0 spiro atoms. The summed E-state index contributed by atoms with van der Waals surface area (Å²) in [6, 6.07) is 3.94. The molecule has 2 aliphatic rings. The SMILES string of the molecule is C[C@@H]1COCCN1c1cc(N2CC[S+]([O-])CC2)[nH]c(=O)c1. The lowest BCUT2D eigenvalue weighted by molar-refractivity contribution is 0.0989. The van der Waals surface area contributed by atoms with Crippen molar-refractivity contribution >= 4 is 22.7 Å². The number of ether oxygens (including phenoxy) is 1. The first kappa shape index (κ1) is 14.7. The highest BCUT2D eigenvalue weighted by molar-refractivity contribution is 7.91. The maximum atomic E-state index is 12.0. The minimum Gasteiger partial charge on any atom is -0.616 e. The summed E-state index contributed by atoms with van der Waals surface area (Å²) in [5, 5.41) is 0. The molecule has 0 saturated carbocycles. The number of hydrogen-bond donors (Lipinski definition) is 1. The third-order valence-electron chi connectivity index (χ3n) is 4.03. The molecule has 0 radical (unpaired) electrons. The second-order valence-corrected chi connectivity index (χ2v) is 7.24. The molecule has 7 heteroatoms. The van der Waals surface area contributed by atoms with E-state index in [0.29, 0.717) is 24.7 Å². The Balaban J connectivity index is 1.84. The Morgan fingerprint density at radius 2 is 2.10 bits per heavy atom. The number of aromatic amines is 1. The fourth-order valence-corrected chi connectivity index (χ4v) is 3.89. The highest BCUT2D eigenvalue weighted by Crippen LogP contribution is 2.23. The van der Waals surface area contributed by atoms with Gasteiger partial charge in [-0.1, -0.05) is 11.2 Å². The molecule has 3 heterocycles. The Hall–Kier alpha value is -1.18. The van der Waals surface area contributed by atoms with Crippen LogP contribution in [0.4, 0.5) is 11.5 Å². The van der Waals surface area contributed by atoms with Crippen molar-refractivity contribution in [3.63, 3.8) is 0 Å². The number of nitrogens with zero attached hydrogens (tertiary/aromatic N) is 2. The van der Waals surface area contributed by atoms with Crippen molar-refractivity contribution in [3.8, 4) is 0 Å². The molecule has 1 aromatic rings. The van der Waals surface area contributed by atoms with Crippen molar-refractivity contribution in [2.24, 2.45) is 0 Å². The largest absolute Gasteiger partial charge is 0.616 e. The van der Waals surface area contributed by atoms with Crippen molar-refractivity contribution in [3.05, 3.63) is 22.5 Å². The van der Waals surface area contributed by atoms with Crippen molar-refractivity contribution in [1.82, 2.24) is 4.98 Å². The number of anilines is 2. The average molecular weight is 311 g/mol. The van der Waals surface area contributed by atoms with E-state index >= 15 is 0 Å². The van der Waals surface area contributed by atoms with Crippen LogP contribution in [0.1, 0.15) is 6.92 Å². The molecule has 6 nitrogen and oxygen atoms in total. The summed E-state index contributed by atoms with van der Waals surface area (Å²) in [7, 11) is 0. The molecule has 0 bridgehead atoms. The van der Waals surface area contributed by atoms with Crippen LogP contribution >= 0.6 is 0 Å². The Kier molecular flexibility index (Phi) is 4.42. The van der Waals surface area contributed by atoms with Crippen LogP contribution in [-0.2, 0) is 15.9 Å². The van der Waals surface area contributed by atoms with Gasteiger partial charge in [-0.3, -0.25) is 4.79 Å². The van der Waals surface area contributed by atoms with E-state index in [0.717, 1.165) is 31.1 Å². The van der Waals surface area contributed by atoms with E-state index in [1.807, 2.05) is 6.07 Å². The van der Waals surface area contributed by atoms with E-state index in [1.165, 1.54) is 0 Å². The van der Waals surface area contributed by atoms with Crippen LogP contribution in [0.15, 0.2) is 16.9 Å². The molecule has 0 aliphatic carbocycles.